The summed E-state index contributed by atoms with van der Waals surface area (Å²) in [7, 11) is 0. The molecule has 2 saturated carbocycles. The van der Waals surface area contributed by atoms with Crippen molar-refractivity contribution in [1.29, 1.82) is 0 Å². The fraction of sp³-hybridized carbons (Fsp3) is 0.606. The van der Waals surface area contributed by atoms with Gasteiger partial charge in [-0.3, -0.25) is 14.6 Å². The molecule has 2 aromatic carbocycles. The minimum Gasteiger partial charge on any atom is -0.299 e. The van der Waals surface area contributed by atoms with Crippen molar-refractivity contribution in [3.05, 3.63) is 69.8 Å². The first-order valence-corrected chi connectivity index (χ1v) is 15.0. The summed E-state index contributed by atoms with van der Waals surface area (Å²) in [6.45, 7) is 6.83. The average Bonchev–Trinajstić information content (AvgIpc) is 3.71. The molecule has 192 valence electrons. The van der Waals surface area contributed by atoms with Crippen LogP contribution in [0.15, 0.2) is 36.4 Å². The minimum absolute atomic E-state index is 0.297. The molecular formula is C33H44N2O. The Balaban J connectivity index is 1.40. The first kappa shape index (κ1) is 24.4. The summed E-state index contributed by atoms with van der Waals surface area (Å²) in [6.07, 6.45) is 15.4. The lowest BCUT2D eigenvalue weighted by atomic mass is 9.81. The van der Waals surface area contributed by atoms with Crippen molar-refractivity contribution >= 4 is 5.78 Å². The first-order valence-electron chi connectivity index (χ1n) is 15.0. The molecule has 4 aliphatic rings. The van der Waals surface area contributed by atoms with Crippen LogP contribution in [0.1, 0.15) is 127 Å². The number of ketones is 1. The van der Waals surface area contributed by atoms with Crippen LogP contribution >= 0.6 is 0 Å². The van der Waals surface area contributed by atoms with Crippen LogP contribution in [-0.2, 0) is 13.1 Å². The van der Waals surface area contributed by atoms with Gasteiger partial charge in [-0.1, -0.05) is 62.1 Å². The largest absolute Gasteiger partial charge is 0.299 e. The van der Waals surface area contributed by atoms with Crippen LogP contribution in [0.25, 0.3) is 0 Å². The van der Waals surface area contributed by atoms with Crippen LogP contribution in [0.3, 0.4) is 0 Å². The second-order valence-electron chi connectivity index (χ2n) is 12.0. The average molecular weight is 485 g/mol. The molecule has 2 aromatic rings. The number of benzene rings is 2. The van der Waals surface area contributed by atoms with E-state index in [-0.39, 0.29) is 0 Å². The van der Waals surface area contributed by atoms with Gasteiger partial charge in [0.25, 0.3) is 0 Å². The van der Waals surface area contributed by atoms with E-state index in [9.17, 15) is 4.79 Å². The molecule has 0 radical (unpaired) electrons. The van der Waals surface area contributed by atoms with E-state index in [2.05, 4.69) is 46.2 Å². The van der Waals surface area contributed by atoms with Gasteiger partial charge in [-0.2, -0.15) is 0 Å². The second-order valence-corrected chi connectivity index (χ2v) is 12.0. The van der Waals surface area contributed by atoms with E-state index in [0.717, 1.165) is 24.2 Å². The number of hydrogen-bond acceptors (Lipinski definition) is 3. The summed E-state index contributed by atoms with van der Waals surface area (Å²) < 4.78 is 0. The van der Waals surface area contributed by atoms with Crippen molar-refractivity contribution in [2.45, 2.75) is 102 Å². The van der Waals surface area contributed by atoms with Crippen molar-refractivity contribution in [2.75, 3.05) is 26.2 Å². The first-order chi connectivity index (χ1) is 17.8. The Kier molecular flexibility index (Phi) is 7.58. The van der Waals surface area contributed by atoms with Crippen molar-refractivity contribution in [1.82, 2.24) is 9.80 Å². The zero-order valence-electron chi connectivity index (χ0n) is 22.1. The minimum atomic E-state index is 0.297. The fourth-order valence-corrected chi connectivity index (χ4v) is 7.80. The van der Waals surface area contributed by atoms with E-state index in [1.54, 1.807) is 0 Å². The van der Waals surface area contributed by atoms with Crippen LogP contribution in [0.2, 0.25) is 0 Å². The maximum Gasteiger partial charge on any atom is 0.193 e. The van der Waals surface area contributed by atoms with Gasteiger partial charge in [0.1, 0.15) is 0 Å². The Morgan fingerprint density at radius 2 is 0.972 bits per heavy atom. The Morgan fingerprint density at radius 3 is 1.36 bits per heavy atom. The molecule has 6 rings (SSSR count). The van der Waals surface area contributed by atoms with Crippen LogP contribution in [0, 0.1) is 0 Å². The lowest BCUT2D eigenvalue weighted by molar-refractivity contribution is 0.103. The molecular weight excluding hydrogens is 440 g/mol. The smallest absolute Gasteiger partial charge is 0.193 e. The zero-order valence-corrected chi connectivity index (χ0v) is 22.1. The van der Waals surface area contributed by atoms with Gasteiger partial charge < -0.3 is 0 Å². The van der Waals surface area contributed by atoms with E-state index >= 15 is 0 Å². The summed E-state index contributed by atoms with van der Waals surface area (Å²) in [5.41, 5.74) is 7.66. The maximum absolute atomic E-state index is 14.6. The van der Waals surface area contributed by atoms with Crippen LogP contribution in [-0.4, -0.2) is 41.8 Å². The predicted octanol–water partition coefficient (Wildman–Crippen LogP) is 7.42. The Labute approximate surface area is 218 Å². The topological polar surface area (TPSA) is 23.6 Å². The third-order valence-electron chi connectivity index (χ3n) is 9.59. The number of carbonyl (C=O) groups excluding carboxylic acids is 1. The Bertz CT molecular complexity index is 968. The highest BCUT2D eigenvalue weighted by atomic mass is 16.1. The molecule has 3 nitrogen and oxygen atoms in total. The van der Waals surface area contributed by atoms with E-state index in [1.165, 1.54) is 125 Å². The number of hydrogen-bond donors (Lipinski definition) is 0. The highest BCUT2D eigenvalue weighted by molar-refractivity contribution is 6.11. The highest BCUT2D eigenvalue weighted by Gasteiger charge is 2.31. The van der Waals surface area contributed by atoms with Crippen molar-refractivity contribution in [3.8, 4) is 0 Å². The molecule has 0 spiro atoms. The van der Waals surface area contributed by atoms with Crippen LogP contribution < -0.4 is 0 Å². The normalized spacial score (nSPS) is 22.2. The van der Waals surface area contributed by atoms with Gasteiger partial charge >= 0.3 is 0 Å². The van der Waals surface area contributed by atoms with Crippen LogP contribution in [0.5, 0.6) is 0 Å². The van der Waals surface area contributed by atoms with Gasteiger partial charge in [0.05, 0.1) is 0 Å². The lowest BCUT2D eigenvalue weighted by Gasteiger charge is -2.25. The maximum atomic E-state index is 14.6. The number of likely N-dealkylation sites (tertiary alicyclic amines) is 2. The molecule has 36 heavy (non-hydrogen) atoms. The second kappa shape index (κ2) is 11.2. The monoisotopic (exact) mass is 484 g/mol. The highest BCUT2D eigenvalue weighted by Crippen LogP contribution is 2.42. The Hall–Kier alpha value is -1.97. The summed E-state index contributed by atoms with van der Waals surface area (Å²) in [5, 5.41) is 0. The summed E-state index contributed by atoms with van der Waals surface area (Å²) in [4.78, 5) is 19.8. The molecule has 3 heteroatoms. The van der Waals surface area contributed by atoms with Gasteiger partial charge in [-0.05, 0) is 112 Å². The number of carbonyl (C=O) groups is 1. The molecule has 2 aliphatic carbocycles. The van der Waals surface area contributed by atoms with Crippen molar-refractivity contribution in [3.63, 3.8) is 0 Å². The van der Waals surface area contributed by atoms with Gasteiger partial charge in [0.2, 0.25) is 0 Å². The standard InChI is InChI=1S/C33H44N2O/c36-33(29-17-9-15-27(23-34-19-5-6-20-34)31(29)25-11-1-2-12-25)30-18-10-16-28(24-35-21-7-8-22-35)32(30)26-13-3-4-14-26/h9-10,15-18,25-26H,1-8,11-14,19-24H2. The molecule has 0 amide bonds. The Morgan fingerprint density at radius 1 is 0.583 bits per heavy atom. The van der Waals surface area contributed by atoms with Gasteiger partial charge in [-0.25, -0.2) is 0 Å². The molecule has 2 aliphatic heterocycles. The predicted molar refractivity (Wildman–Crippen MR) is 148 cm³/mol. The lowest BCUT2D eigenvalue weighted by Crippen LogP contribution is -2.22. The molecule has 4 fully saturated rings. The quantitative estimate of drug-likeness (QED) is 0.364. The van der Waals surface area contributed by atoms with E-state index in [1.807, 2.05) is 0 Å². The van der Waals surface area contributed by atoms with Crippen molar-refractivity contribution in [2.24, 2.45) is 0 Å². The van der Waals surface area contributed by atoms with E-state index in [4.69, 9.17) is 0 Å². The van der Waals surface area contributed by atoms with Gasteiger partial charge in [0, 0.05) is 24.2 Å². The van der Waals surface area contributed by atoms with E-state index < -0.39 is 0 Å². The molecule has 0 atom stereocenters. The SMILES string of the molecule is O=C(c1cccc(CN2CCCC2)c1C1CCCC1)c1cccc(CN2CCCC2)c1C1CCCC1. The molecule has 2 saturated heterocycles. The number of nitrogens with zero attached hydrogens (tertiary/aromatic N) is 2. The van der Waals surface area contributed by atoms with Gasteiger partial charge in [0.15, 0.2) is 5.78 Å². The fourth-order valence-electron chi connectivity index (χ4n) is 7.80. The van der Waals surface area contributed by atoms with E-state index in [0.29, 0.717) is 17.6 Å². The molecule has 0 N–H and O–H groups in total. The number of rotatable bonds is 8. The molecule has 0 unspecified atom stereocenters. The summed E-state index contributed by atoms with van der Waals surface area (Å²) >= 11 is 0. The van der Waals surface area contributed by atoms with Gasteiger partial charge in [-0.15, -0.1) is 0 Å². The molecule has 2 heterocycles. The van der Waals surface area contributed by atoms with Crippen LogP contribution in [0.4, 0.5) is 0 Å². The molecule has 0 aromatic heterocycles. The van der Waals surface area contributed by atoms with Crippen molar-refractivity contribution < 1.29 is 4.79 Å². The third-order valence-corrected chi connectivity index (χ3v) is 9.59. The third kappa shape index (κ3) is 5.07. The summed E-state index contributed by atoms with van der Waals surface area (Å²) in [5.74, 6) is 1.39. The summed E-state index contributed by atoms with van der Waals surface area (Å²) in [6, 6.07) is 13.3. The molecule has 0 bridgehead atoms. The zero-order chi connectivity index (χ0) is 24.3.